The third kappa shape index (κ3) is 1.75. The summed E-state index contributed by atoms with van der Waals surface area (Å²) in [7, 11) is 0. The van der Waals surface area contributed by atoms with Gasteiger partial charge in [-0.2, -0.15) is 0 Å². The number of halogens is 2. The fraction of sp³-hybridized carbons (Fsp3) is 0.333. The van der Waals surface area contributed by atoms with Gasteiger partial charge in [0.2, 0.25) is 0 Å². The Labute approximate surface area is 84.8 Å². The zero-order valence-corrected chi connectivity index (χ0v) is 8.73. The molecule has 1 aromatic rings. The van der Waals surface area contributed by atoms with Gasteiger partial charge in [0.25, 0.3) is 0 Å². The molecule has 1 nitrogen and oxygen atoms in total. The molecule has 0 bridgehead atoms. The van der Waals surface area contributed by atoms with Crippen LogP contribution in [0.25, 0.3) is 0 Å². The van der Waals surface area contributed by atoms with E-state index in [0.717, 1.165) is 10.2 Å². The molecule has 0 spiro atoms. The average molecular weight is 248 g/mol. The number of ether oxygens (including phenoxy) is 1. The van der Waals surface area contributed by atoms with E-state index in [1.807, 2.05) is 18.2 Å². The molecule has 0 amide bonds. The molecule has 64 valence electrons. The molecular formula is C9H8BrClO. The topological polar surface area (TPSA) is 9.23 Å². The van der Waals surface area contributed by atoms with E-state index in [4.69, 9.17) is 16.3 Å². The van der Waals surface area contributed by atoms with Crippen molar-refractivity contribution in [2.45, 2.75) is 18.9 Å². The third-order valence-corrected chi connectivity index (χ3v) is 3.10. The normalized spacial score (nSPS) is 16.2. The zero-order valence-electron chi connectivity index (χ0n) is 6.39. The molecule has 1 fully saturated rings. The number of benzene rings is 1. The molecule has 1 aliphatic carbocycles. The van der Waals surface area contributed by atoms with Crippen LogP contribution in [-0.2, 0) is 0 Å². The molecule has 1 aliphatic rings. The van der Waals surface area contributed by atoms with Gasteiger partial charge in [-0.25, -0.2) is 0 Å². The van der Waals surface area contributed by atoms with Crippen molar-refractivity contribution in [3.63, 3.8) is 0 Å². The van der Waals surface area contributed by atoms with Gasteiger partial charge in [0.1, 0.15) is 5.75 Å². The fourth-order valence-electron chi connectivity index (χ4n) is 0.940. The van der Waals surface area contributed by atoms with Crippen molar-refractivity contribution < 1.29 is 4.74 Å². The van der Waals surface area contributed by atoms with E-state index in [0.29, 0.717) is 11.1 Å². The lowest BCUT2D eigenvalue weighted by molar-refractivity contribution is 0.301. The highest BCUT2D eigenvalue weighted by Gasteiger charge is 2.24. The highest BCUT2D eigenvalue weighted by Crippen LogP contribution is 2.35. The first kappa shape index (κ1) is 8.39. The lowest BCUT2D eigenvalue weighted by atomic mass is 10.3. The highest BCUT2D eigenvalue weighted by molar-refractivity contribution is 9.10. The highest BCUT2D eigenvalue weighted by atomic mass is 79.9. The Kier molecular flexibility index (Phi) is 2.28. The van der Waals surface area contributed by atoms with Gasteiger partial charge >= 0.3 is 0 Å². The quantitative estimate of drug-likeness (QED) is 0.775. The molecule has 0 aliphatic heterocycles. The Hall–Kier alpha value is -0.210. The lowest BCUT2D eigenvalue weighted by Crippen LogP contribution is -1.96. The maximum Gasteiger partial charge on any atom is 0.135 e. The Morgan fingerprint density at radius 3 is 2.83 bits per heavy atom. The van der Waals surface area contributed by atoms with Gasteiger partial charge in [-0.15, -0.1) is 0 Å². The second kappa shape index (κ2) is 3.27. The minimum Gasteiger partial charge on any atom is -0.489 e. The molecule has 1 saturated carbocycles. The van der Waals surface area contributed by atoms with Crippen LogP contribution in [0.15, 0.2) is 22.7 Å². The molecule has 1 aromatic carbocycles. The number of hydrogen-bond acceptors (Lipinski definition) is 1. The van der Waals surface area contributed by atoms with Crippen molar-refractivity contribution in [2.24, 2.45) is 0 Å². The summed E-state index contributed by atoms with van der Waals surface area (Å²) in [6.07, 6.45) is 2.75. The molecule has 12 heavy (non-hydrogen) atoms. The molecule has 0 atom stereocenters. The van der Waals surface area contributed by atoms with E-state index in [1.165, 1.54) is 12.8 Å². The molecule has 2 rings (SSSR count). The molecule has 0 saturated heterocycles. The Morgan fingerprint density at radius 2 is 2.17 bits per heavy atom. The predicted octanol–water partition coefficient (Wildman–Crippen LogP) is 3.64. The van der Waals surface area contributed by atoms with Crippen molar-refractivity contribution in [3.8, 4) is 5.75 Å². The first-order valence-corrected chi connectivity index (χ1v) is 5.05. The van der Waals surface area contributed by atoms with E-state index in [-0.39, 0.29) is 0 Å². The van der Waals surface area contributed by atoms with Crippen molar-refractivity contribution in [3.05, 3.63) is 27.7 Å². The van der Waals surface area contributed by atoms with Gasteiger partial charge in [0, 0.05) is 0 Å². The van der Waals surface area contributed by atoms with Crippen LogP contribution < -0.4 is 4.74 Å². The molecular weight excluding hydrogens is 239 g/mol. The summed E-state index contributed by atoms with van der Waals surface area (Å²) in [6.45, 7) is 0. The van der Waals surface area contributed by atoms with Gasteiger partial charge in [0.15, 0.2) is 0 Å². The average Bonchev–Trinajstić information content (AvgIpc) is 2.83. The van der Waals surface area contributed by atoms with E-state index in [1.54, 1.807) is 0 Å². The smallest absolute Gasteiger partial charge is 0.135 e. The largest absolute Gasteiger partial charge is 0.489 e. The van der Waals surface area contributed by atoms with Gasteiger partial charge in [-0.1, -0.05) is 17.7 Å². The van der Waals surface area contributed by atoms with Gasteiger partial charge in [0.05, 0.1) is 15.6 Å². The summed E-state index contributed by atoms with van der Waals surface area (Å²) in [6, 6.07) is 5.66. The van der Waals surface area contributed by atoms with E-state index in [2.05, 4.69) is 15.9 Å². The molecule has 3 heteroatoms. The number of rotatable bonds is 2. The van der Waals surface area contributed by atoms with E-state index < -0.39 is 0 Å². The summed E-state index contributed by atoms with van der Waals surface area (Å²) in [5, 5.41) is 0.702. The van der Waals surface area contributed by atoms with Crippen LogP contribution in [0.1, 0.15) is 12.8 Å². The Bertz CT molecular complexity index is 297. The summed E-state index contributed by atoms with van der Waals surface area (Å²) in [4.78, 5) is 0. The fourth-order valence-corrected chi connectivity index (χ4v) is 1.46. The SMILES string of the molecule is Clc1cccc(OC2CC2)c1Br. The summed E-state index contributed by atoms with van der Waals surface area (Å²) in [5.74, 6) is 0.852. The Balaban J connectivity index is 2.23. The van der Waals surface area contributed by atoms with Gasteiger partial charge in [-0.05, 0) is 40.9 Å². The minimum absolute atomic E-state index is 0.416. The zero-order chi connectivity index (χ0) is 8.55. The number of hydrogen-bond donors (Lipinski definition) is 0. The van der Waals surface area contributed by atoms with Crippen molar-refractivity contribution in [1.29, 1.82) is 0 Å². The minimum atomic E-state index is 0.416. The standard InChI is InChI=1S/C9H8BrClO/c10-9-7(11)2-1-3-8(9)12-6-4-5-6/h1-3,6H,4-5H2. The van der Waals surface area contributed by atoms with Crippen LogP contribution >= 0.6 is 27.5 Å². The monoisotopic (exact) mass is 246 g/mol. The second-order valence-corrected chi connectivity index (χ2v) is 4.07. The lowest BCUT2D eigenvalue weighted by Gasteiger charge is -2.06. The molecule has 0 unspecified atom stereocenters. The van der Waals surface area contributed by atoms with E-state index in [9.17, 15) is 0 Å². The first-order chi connectivity index (χ1) is 5.77. The van der Waals surface area contributed by atoms with Crippen LogP contribution in [0.4, 0.5) is 0 Å². The summed E-state index contributed by atoms with van der Waals surface area (Å²) in [5.41, 5.74) is 0. The maximum atomic E-state index is 5.89. The summed E-state index contributed by atoms with van der Waals surface area (Å²) < 4.78 is 6.47. The molecule has 0 radical (unpaired) electrons. The summed E-state index contributed by atoms with van der Waals surface area (Å²) >= 11 is 9.27. The van der Waals surface area contributed by atoms with Crippen LogP contribution in [0, 0.1) is 0 Å². The molecule has 0 heterocycles. The van der Waals surface area contributed by atoms with Crippen LogP contribution in [0.5, 0.6) is 5.75 Å². The maximum absolute atomic E-state index is 5.89. The van der Waals surface area contributed by atoms with E-state index >= 15 is 0 Å². The van der Waals surface area contributed by atoms with Gasteiger partial charge < -0.3 is 4.74 Å². The van der Waals surface area contributed by atoms with Crippen LogP contribution in [0.2, 0.25) is 5.02 Å². The first-order valence-electron chi connectivity index (χ1n) is 3.88. The second-order valence-electron chi connectivity index (χ2n) is 2.87. The molecule has 0 N–H and O–H groups in total. The van der Waals surface area contributed by atoms with Crippen molar-refractivity contribution in [2.75, 3.05) is 0 Å². The third-order valence-electron chi connectivity index (χ3n) is 1.73. The van der Waals surface area contributed by atoms with Crippen molar-refractivity contribution in [1.82, 2.24) is 0 Å². The molecule has 0 aromatic heterocycles. The van der Waals surface area contributed by atoms with Crippen molar-refractivity contribution >= 4 is 27.5 Å². The van der Waals surface area contributed by atoms with Gasteiger partial charge in [-0.3, -0.25) is 0 Å². The van der Waals surface area contributed by atoms with Crippen LogP contribution in [0.3, 0.4) is 0 Å². The predicted molar refractivity (Wildman–Crippen MR) is 52.8 cm³/mol. The Morgan fingerprint density at radius 1 is 1.42 bits per heavy atom. The van der Waals surface area contributed by atoms with Crippen LogP contribution in [-0.4, -0.2) is 6.10 Å².